The van der Waals surface area contributed by atoms with Crippen LogP contribution in [0.4, 0.5) is 0 Å². The fraction of sp³-hybridized carbons (Fsp3) is 0.188. The van der Waals surface area contributed by atoms with Crippen LogP contribution in [0.1, 0.15) is 24.5 Å². The van der Waals surface area contributed by atoms with Crippen LogP contribution in [0.15, 0.2) is 48.5 Å². The maximum atomic E-state index is 9.22. The minimum absolute atomic E-state index is 0.766. The van der Waals surface area contributed by atoms with Crippen LogP contribution in [-0.2, 0) is 6.42 Å². The number of nitrogens with zero attached hydrogens (tertiary/aromatic N) is 1. The molecule has 0 unspecified atom stereocenters. The monoisotopic (exact) mass is 221 g/mol. The maximum Gasteiger partial charge on any atom is 0.0998 e. The van der Waals surface area contributed by atoms with Crippen LogP contribution in [0.3, 0.4) is 0 Å². The second-order valence-electron chi connectivity index (χ2n) is 4.11. The normalized spacial score (nSPS) is 9.88. The Balaban J connectivity index is 2.46. The molecule has 0 aliphatic heterocycles. The molecule has 0 fully saturated rings. The Labute approximate surface area is 102 Å². The Morgan fingerprint density at radius 1 is 1.06 bits per heavy atom. The highest BCUT2D eigenvalue weighted by Gasteiger charge is 2.05. The zero-order valence-corrected chi connectivity index (χ0v) is 9.98. The first-order valence-electron chi connectivity index (χ1n) is 5.93. The van der Waals surface area contributed by atoms with Crippen molar-refractivity contribution in [3.8, 4) is 17.2 Å². The molecule has 0 bridgehead atoms. The van der Waals surface area contributed by atoms with Gasteiger partial charge in [-0.05, 0) is 29.2 Å². The molecule has 2 rings (SSSR count). The van der Waals surface area contributed by atoms with Gasteiger partial charge in [-0.2, -0.15) is 5.26 Å². The van der Waals surface area contributed by atoms with Crippen molar-refractivity contribution in [2.45, 2.75) is 19.8 Å². The van der Waals surface area contributed by atoms with E-state index in [0.29, 0.717) is 0 Å². The molecule has 17 heavy (non-hydrogen) atoms. The molecule has 2 aromatic rings. The molecule has 0 amide bonds. The number of hydrogen-bond donors (Lipinski definition) is 0. The van der Waals surface area contributed by atoms with Gasteiger partial charge < -0.3 is 0 Å². The van der Waals surface area contributed by atoms with Crippen molar-refractivity contribution in [2.24, 2.45) is 0 Å². The van der Waals surface area contributed by atoms with Gasteiger partial charge in [0.15, 0.2) is 0 Å². The third-order valence-corrected chi connectivity index (χ3v) is 2.83. The van der Waals surface area contributed by atoms with Gasteiger partial charge in [-0.25, -0.2) is 0 Å². The van der Waals surface area contributed by atoms with Gasteiger partial charge in [0.2, 0.25) is 0 Å². The number of aryl methyl sites for hydroxylation is 1. The summed E-state index contributed by atoms with van der Waals surface area (Å²) >= 11 is 0. The molecule has 0 aliphatic carbocycles. The molecule has 0 aliphatic rings. The molecule has 0 radical (unpaired) electrons. The summed E-state index contributed by atoms with van der Waals surface area (Å²) in [5.41, 5.74) is 4.13. The lowest BCUT2D eigenvalue weighted by atomic mass is 9.97. The summed E-state index contributed by atoms with van der Waals surface area (Å²) in [6.45, 7) is 2.15. The molecule has 0 spiro atoms. The molecular weight excluding hydrogens is 206 g/mol. The van der Waals surface area contributed by atoms with Crippen molar-refractivity contribution < 1.29 is 0 Å². The lowest BCUT2D eigenvalue weighted by Crippen LogP contribution is -1.89. The summed E-state index contributed by atoms with van der Waals surface area (Å²) in [4.78, 5) is 0. The zero-order chi connectivity index (χ0) is 12.1. The second-order valence-corrected chi connectivity index (χ2v) is 4.11. The third kappa shape index (κ3) is 2.54. The van der Waals surface area contributed by atoms with E-state index in [9.17, 15) is 5.26 Å². The smallest absolute Gasteiger partial charge is 0.0998 e. The van der Waals surface area contributed by atoms with E-state index in [4.69, 9.17) is 0 Å². The van der Waals surface area contributed by atoms with Crippen LogP contribution in [-0.4, -0.2) is 0 Å². The van der Waals surface area contributed by atoms with Gasteiger partial charge in [0.25, 0.3) is 0 Å². The van der Waals surface area contributed by atoms with Gasteiger partial charge in [0.05, 0.1) is 11.6 Å². The van der Waals surface area contributed by atoms with E-state index < -0.39 is 0 Å². The Bertz CT molecular complexity index is 535. The van der Waals surface area contributed by atoms with Crippen LogP contribution in [0.25, 0.3) is 11.1 Å². The highest BCUT2D eigenvalue weighted by molar-refractivity contribution is 5.70. The fourth-order valence-corrected chi connectivity index (χ4v) is 2.00. The summed E-state index contributed by atoms with van der Waals surface area (Å²) < 4.78 is 0. The van der Waals surface area contributed by atoms with Crippen molar-refractivity contribution in [1.29, 1.82) is 5.26 Å². The first kappa shape index (κ1) is 11.4. The standard InChI is InChI=1S/C16H15N/c1-2-6-13-9-10-16(15(11-13)12-17)14-7-4-3-5-8-14/h3-5,7-11H,2,6H2,1H3. The van der Waals surface area contributed by atoms with E-state index in [-0.39, 0.29) is 0 Å². The Morgan fingerprint density at radius 2 is 1.82 bits per heavy atom. The molecule has 0 saturated heterocycles. The maximum absolute atomic E-state index is 9.22. The van der Waals surface area contributed by atoms with Crippen molar-refractivity contribution in [1.82, 2.24) is 0 Å². The Kier molecular flexibility index (Phi) is 3.57. The number of hydrogen-bond acceptors (Lipinski definition) is 1. The van der Waals surface area contributed by atoms with E-state index in [1.54, 1.807) is 0 Å². The van der Waals surface area contributed by atoms with Gasteiger partial charge in [0, 0.05) is 0 Å². The van der Waals surface area contributed by atoms with Gasteiger partial charge in [-0.1, -0.05) is 55.8 Å². The molecule has 0 heterocycles. The first-order chi connectivity index (χ1) is 8.35. The van der Waals surface area contributed by atoms with Crippen molar-refractivity contribution in [2.75, 3.05) is 0 Å². The summed E-state index contributed by atoms with van der Waals surface area (Å²) in [6, 6.07) is 18.5. The highest BCUT2D eigenvalue weighted by Crippen LogP contribution is 2.24. The van der Waals surface area contributed by atoms with Gasteiger partial charge >= 0.3 is 0 Å². The summed E-state index contributed by atoms with van der Waals surface area (Å²) in [7, 11) is 0. The van der Waals surface area contributed by atoms with Crippen LogP contribution < -0.4 is 0 Å². The average Bonchev–Trinajstić information content (AvgIpc) is 2.40. The lowest BCUT2D eigenvalue weighted by molar-refractivity contribution is 0.921. The minimum atomic E-state index is 0.766. The molecule has 1 nitrogen and oxygen atoms in total. The third-order valence-electron chi connectivity index (χ3n) is 2.83. The van der Waals surface area contributed by atoms with Gasteiger partial charge in [0.1, 0.15) is 0 Å². The Hall–Kier alpha value is -2.07. The molecule has 0 atom stereocenters. The summed E-state index contributed by atoms with van der Waals surface area (Å²) in [6.07, 6.45) is 2.14. The molecule has 84 valence electrons. The van der Waals surface area contributed by atoms with Gasteiger partial charge in [-0.15, -0.1) is 0 Å². The predicted octanol–water partition coefficient (Wildman–Crippen LogP) is 4.18. The second kappa shape index (κ2) is 5.32. The molecule has 0 aromatic heterocycles. The van der Waals surface area contributed by atoms with Crippen LogP contribution >= 0.6 is 0 Å². The zero-order valence-electron chi connectivity index (χ0n) is 9.98. The summed E-state index contributed by atoms with van der Waals surface area (Å²) in [5, 5.41) is 9.22. The topological polar surface area (TPSA) is 23.8 Å². The quantitative estimate of drug-likeness (QED) is 0.762. The number of rotatable bonds is 3. The van der Waals surface area contributed by atoms with Crippen LogP contribution in [0.5, 0.6) is 0 Å². The number of benzene rings is 2. The molecule has 0 N–H and O–H groups in total. The van der Waals surface area contributed by atoms with Gasteiger partial charge in [-0.3, -0.25) is 0 Å². The van der Waals surface area contributed by atoms with E-state index in [0.717, 1.165) is 29.5 Å². The van der Waals surface area contributed by atoms with Crippen LogP contribution in [0, 0.1) is 11.3 Å². The lowest BCUT2D eigenvalue weighted by Gasteiger charge is -2.06. The first-order valence-corrected chi connectivity index (χ1v) is 5.93. The minimum Gasteiger partial charge on any atom is -0.192 e. The van der Waals surface area contributed by atoms with Crippen molar-refractivity contribution in [3.63, 3.8) is 0 Å². The predicted molar refractivity (Wildman–Crippen MR) is 70.6 cm³/mol. The van der Waals surface area contributed by atoms with Crippen molar-refractivity contribution in [3.05, 3.63) is 59.7 Å². The fourth-order valence-electron chi connectivity index (χ4n) is 2.00. The van der Waals surface area contributed by atoms with E-state index in [2.05, 4.69) is 25.1 Å². The molecular formula is C16H15N. The van der Waals surface area contributed by atoms with E-state index in [1.165, 1.54) is 5.56 Å². The average molecular weight is 221 g/mol. The summed E-state index contributed by atoms with van der Waals surface area (Å²) in [5.74, 6) is 0. The SMILES string of the molecule is CCCc1ccc(-c2ccccc2)c(C#N)c1. The largest absolute Gasteiger partial charge is 0.192 e. The highest BCUT2D eigenvalue weighted by atomic mass is 14.2. The molecule has 1 heteroatoms. The number of nitriles is 1. The molecule has 2 aromatic carbocycles. The molecule has 0 saturated carbocycles. The van der Waals surface area contributed by atoms with Crippen molar-refractivity contribution >= 4 is 0 Å². The van der Waals surface area contributed by atoms with E-state index in [1.807, 2.05) is 36.4 Å². The Morgan fingerprint density at radius 3 is 2.47 bits per heavy atom. The van der Waals surface area contributed by atoms with Crippen LogP contribution in [0.2, 0.25) is 0 Å². The van der Waals surface area contributed by atoms with E-state index >= 15 is 0 Å².